The molecule has 0 aliphatic carbocycles. The van der Waals surface area contributed by atoms with Crippen molar-refractivity contribution >= 4 is 12.2 Å². The summed E-state index contributed by atoms with van der Waals surface area (Å²) < 4.78 is 4.31. The summed E-state index contributed by atoms with van der Waals surface area (Å²) in [6.07, 6.45) is 0. The zero-order chi connectivity index (χ0) is 6.41. The molecule has 0 bridgehead atoms. The lowest BCUT2D eigenvalue weighted by Crippen LogP contribution is -1.84. The third-order valence-electron chi connectivity index (χ3n) is 0.349. The van der Waals surface area contributed by atoms with Crippen LogP contribution in [0.3, 0.4) is 0 Å². The Balaban J connectivity index is 3.30. The number of carbonyl (C=O) groups excluding carboxylic acids is 1. The number of rotatable bonds is 2. The fraction of sp³-hybridized carbons (Fsp3) is 0.600. The van der Waals surface area contributed by atoms with Crippen LogP contribution in [-0.2, 0) is 9.26 Å². The van der Waals surface area contributed by atoms with E-state index in [2.05, 4.69) is 20.9 Å². The molecule has 0 aliphatic heterocycles. The molecule has 0 heterocycles. The largest absolute Gasteiger partial charge is 0.503 e. The van der Waals surface area contributed by atoms with Crippen molar-refractivity contribution < 1.29 is 9.26 Å². The Labute approximate surface area is 48.6 Å². The summed E-state index contributed by atoms with van der Waals surface area (Å²) in [6, 6.07) is 0. The zero-order valence-corrected chi connectivity index (χ0v) is 5.26. The van der Waals surface area contributed by atoms with E-state index in [1.54, 1.807) is 0 Å². The highest BCUT2D eigenvalue weighted by Gasteiger charge is 1.74. The molecule has 3 heteroatoms. The van der Waals surface area contributed by atoms with Crippen LogP contribution in [0.2, 0.25) is 0 Å². The van der Waals surface area contributed by atoms with Gasteiger partial charge in [-0.3, -0.25) is 0 Å². The van der Waals surface area contributed by atoms with Gasteiger partial charge in [-0.1, -0.05) is 0 Å². The van der Waals surface area contributed by atoms with Gasteiger partial charge in [0.1, 0.15) is 7.11 Å². The van der Waals surface area contributed by atoms with Crippen LogP contribution in [0.25, 0.3) is 0 Å². The van der Waals surface area contributed by atoms with Gasteiger partial charge in [0.15, 0.2) is 0 Å². The summed E-state index contributed by atoms with van der Waals surface area (Å²) >= 11 is 0. The van der Waals surface area contributed by atoms with E-state index in [1.807, 2.05) is 13.8 Å². The first-order valence-corrected chi connectivity index (χ1v) is 2.22. The minimum absolute atomic E-state index is 0.828. The molecule has 0 atom stereocenters. The normalized spacial score (nSPS) is 9.38. The Kier molecular flexibility index (Phi) is 3.84. The summed E-state index contributed by atoms with van der Waals surface area (Å²) in [5, 5.41) is 3.49. The molecule has 0 fully saturated rings. The van der Waals surface area contributed by atoms with Crippen LogP contribution < -0.4 is 0 Å². The van der Waals surface area contributed by atoms with Crippen LogP contribution in [-0.4, -0.2) is 19.3 Å². The highest BCUT2D eigenvalue weighted by molar-refractivity contribution is 5.78. The molecular formula is C5H9NO2. The first-order valence-electron chi connectivity index (χ1n) is 2.22. The van der Waals surface area contributed by atoms with Crippen LogP contribution in [0.1, 0.15) is 13.8 Å². The van der Waals surface area contributed by atoms with Gasteiger partial charge in [0.25, 0.3) is 0 Å². The summed E-state index contributed by atoms with van der Waals surface area (Å²) in [4.78, 5) is 4.36. The summed E-state index contributed by atoms with van der Waals surface area (Å²) in [5.74, 6) is 0. The smallest absolute Gasteiger partial charge is 0.221 e. The lowest BCUT2D eigenvalue weighted by molar-refractivity contribution is 0.131. The first kappa shape index (κ1) is 7.14. The van der Waals surface area contributed by atoms with Gasteiger partial charge in [-0.05, 0) is 19.0 Å². The molecule has 0 unspecified atom stereocenters. The van der Waals surface area contributed by atoms with E-state index in [-0.39, 0.29) is 0 Å². The molecule has 46 valence electrons. The van der Waals surface area contributed by atoms with Crippen LogP contribution >= 0.6 is 0 Å². The van der Waals surface area contributed by atoms with Gasteiger partial charge in [-0.25, -0.2) is 0 Å². The van der Waals surface area contributed by atoms with E-state index in [0.29, 0.717) is 0 Å². The molecule has 0 aliphatic rings. The first-order chi connectivity index (χ1) is 3.77. The Morgan fingerprint density at radius 1 is 1.62 bits per heavy atom. The molecule has 0 amide bonds. The lowest BCUT2D eigenvalue weighted by Gasteiger charge is -1.84. The SMILES string of the molecule is C[O+]=[C-]ON=C(C)C. The monoisotopic (exact) mass is 115 g/mol. The van der Waals surface area contributed by atoms with Crippen molar-refractivity contribution in [2.75, 3.05) is 7.11 Å². The minimum atomic E-state index is 0.828. The van der Waals surface area contributed by atoms with Crippen LogP contribution in [0.15, 0.2) is 5.16 Å². The summed E-state index contributed by atoms with van der Waals surface area (Å²) in [7, 11) is 1.44. The van der Waals surface area contributed by atoms with Gasteiger partial charge >= 0.3 is 0 Å². The maximum absolute atomic E-state index is 4.36. The van der Waals surface area contributed by atoms with Crippen molar-refractivity contribution in [3.8, 4) is 0 Å². The van der Waals surface area contributed by atoms with E-state index >= 15 is 0 Å². The second-order valence-electron chi connectivity index (χ2n) is 1.42. The molecule has 0 rings (SSSR count). The van der Waals surface area contributed by atoms with E-state index in [1.165, 1.54) is 7.11 Å². The highest BCUT2D eigenvalue weighted by atomic mass is 16.7. The van der Waals surface area contributed by atoms with Crippen molar-refractivity contribution in [1.29, 1.82) is 0 Å². The van der Waals surface area contributed by atoms with Crippen molar-refractivity contribution in [3.05, 3.63) is 0 Å². The van der Waals surface area contributed by atoms with E-state index in [4.69, 9.17) is 0 Å². The molecule has 0 saturated heterocycles. The van der Waals surface area contributed by atoms with E-state index in [0.717, 1.165) is 5.71 Å². The Hall–Kier alpha value is -0.860. The molecule has 0 saturated carbocycles. The standard InChI is InChI=1S/C5H9NO2/c1-5(2)6-8-4-7-3/h1-3H3. The van der Waals surface area contributed by atoms with E-state index < -0.39 is 0 Å². The highest BCUT2D eigenvalue weighted by Crippen LogP contribution is 1.72. The van der Waals surface area contributed by atoms with Gasteiger partial charge < -0.3 is 9.26 Å². The molecule has 0 radical (unpaired) electrons. The number of hydrogen-bond acceptors (Lipinski definition) is 2. The Bertz CT molecular complexity index is 103. The fourth-order valence-electron chi connectivity index (χ4n) is 0.147. The van der Waals surface area contributed by atoms with Crippen LogP contribution in [0.5, 0.6) is 0 Å². The molecule has 0 N–H and O–H groups in total. The van der Waals surface area contributed by atoms with Crippen molar-refractivity contribution in [2.45, 2.75) is 13.8 Å². The summed E-state index contributed by atoms with van der Waals surface area (Å²) in [6.45, 7) is 5.73. The second-order valence-corrected chi connectivity index (χ2v) is 1.42. The number of nitrogens with zero attached hydrogens (tertiary/aromatic N) is 1. The third-order valence-corrected chi connectivity index (χ3v) is 0.349. The van der Waals surface area contributed by atoms with Crippen molar-refractivity contribution in [1.82, 2.24) is 0 Å². The average molecular weight is 115 g/mol. The number of hydrogen-bond donors (Lipinski definition) is 0. The van der Waals surface area contributed by atoms with Crippen LogP contribution in [0.4, 0.5) is 0 Å². The zero-order valence-electron chi connectivity index (χ0n) is 5.26. The third kappa shape index (κ3) is 5.14. The average Bonchev–Trinajstić information content (AvgIpc) is 1.66. The maximum Gasteiger partial charge on any atom is 0.221 e. The Morgan fingerprint density at radius 3 is 2.62 bits per heavy atom. The van der Waals surface area contributed by atoms with Gasteiger partial charge in [0, 0.05) is 0 Å². The number of oxime groups is 1. The summed E-state index contributed by atoms with van der Waals surface area (Å²) in [5.41, 5.74) is 0.828. The molecule has 8 heavy (non-hydrogen) atoms. The lowest BCUT2D eigenvalue weighted by atomic mass is 10.5. The van der Waals surface area contributed by atoms with Crippen molar-refractivity contribution in [3.63, 3.8) is 0 Å². The molecular weight excluding hydrogens is 106 g/mol. The van der Waals surface area contributed by atoms with Gasteiger partial charge in [-0.15, -0.1) is 0 Å². The van der Waals surface area contributed by atoms with E-state index in [9.17, 15) is 0 Å². The molecule has 0 aromatic carbocycles. The molecule has 0 aromatic heterocycles. The second kappa shape index (κ2) is 4.30. The fourth-order valence-corrected chi connectivity index (χ4v) is 0.147. The molecule has 3 nitrogen and oxygen atoms in total. The minimum Gasteiger partial charge on any atom is -0.503 e. The van der Waals surface area contributed by atoms with Gasteiger partial charge in [0.05, 0.1) is 5.71 Å². The molecule has 0 spiro atoms. The van der Waals surface area contributed by atoms with Crippen molar-refractivity contribution in [2.24, 2.45) is 5.16 Å². The molecule has 0 aromatic rings. The van der Waals surface area contributed by atoms with Crippen LogP contribution in [0, 0.1) is 0 Å². The predicted molar refractivity (Wildman–Crippen MR) is 31.5 cm³/mol. The topological polar surface area (TPSA) is 32.9 Å². The predicted octanol–water partition coefficient (Wildman–Crippen LogP) is 0.631. The van der Waals surface area contributed by atoms with Gasteiger partial charge in [0.2, 0.25) is 6.47 Å². The Morgan fingerprint density at radius 2 is 2.25 bits per heavy atom. The maximum atomic E-state index is 4.36. The van der Waals surface area contributed by atoms with Gasteiger partial charge in [-0.2, -0.15) is 0 Å². The quantitative estimate of drug-likeness (QED) is 0.171.